The van der Waals surface area contributed by atoms with Crippen LogP contribution >= 0.6 is 11.8 Å². The zero-order valence-electron chi connectivity index (χ0n) is 22.6. The normalized spacial score (nSPS) is 17.2. The number of amides is 4. The van der Waals surface area contributed by atoms with E-state index in [0.717, 1.165) is 34.1 Å². The van der Waals surface area contributed by atoms with Crippen LogP contribution in [0.2, 0.25) is 0 Å². The molecule has 0 spiro atoms. The Balaban J connectivity index is 1.40. The van der Waals surface area contributed by atoms with Crippen molar-refractivity contribution in [2.75, 3.05) is 17.7 Å². The average molecular weight is 558 g/mol. The van der Waals surface area contributed by atoms with Gasteiger partial charge < -0.3 is 15.4 Å². The van der Waals surface area contributed by atoms with Gasteiger partial charge in [-0.2, -0.15) is 0 Å². The molecule has 4 amide bonds. The highest BCUT2D eigenvalue weighted by Crippen LogP contribution is 2.43. The van der Waals surface area contributed by atoms with Crippen molar-refractivity contribution in [3.63, 3.8) is 0 Å². The molecule has 1 saturated heterocycles. The van der Waals surface area contributed by atoms with Crippen LogP contribution in [0.3, 0.4) is 0 Å². The van der Waals surface area contributed by atoms with E-state index in [0.29, 0.717) is 42.2 Å². The van der Waals surface area contributed by atoms with Gasteiger partial charge in [-0.3, -0.25) is 24.5 Å². The van der Waals surface area contributed by atoms with E-state index in [1.54, 1.807) is 25.3 Å². The number of fused-ring (bicyclic) bond motifs is 1. The van der Waals surface area contributed by atoms with Crippen molar-refractivity contribution in [1.29, 1.82) is 0 Å². The van der Waals surface area contributed by atoms with Gasteiger partial charge in [-0.05, 0) is 71.3 Å². The maximum atomic E-state index is 12.9. The molecule has 1 fully saturated rings. The van der Waals surface area contributed by atoms with Crippen LogP contribution in [0.5, 0.6) is 5.75 Å². The number of hydrogen-bond donors (Lipinski definition) is 3. The minimum Gasteiger partial charge on any atom is -0.495 e. The summed E-state index contributed by atoms with van der Waals surface area (Å²) in [5.41, 5.74) is 5.78. The van der Waals surface area contributed by atoms with Gasteiger partial charge in [0, 0.05) is 23.6 Å². The second-order valence-corrected chi connectivity index (χ2v) is 11.4. The zero-order chi connectivity index (χ0) is 28.4. The van der Waals surface area contributed by atoms with Crippen LogP contribution in [0, 0.1) is 0 Å². The summed E-state index contributed by atoms with van der Waals surface area (Å²) < 4.78 is 5.48. The highest BCUT2D eigenvalue weighted by molar-refractivity contribution is 8.15. The summed E-state index contributed by atoms with van der Waals surface area (Å²) in [6, 6.07) is 18.8. The number of hydrogen-bond acceptors (Lipinski definition) is 6. The van der Waals surface area contributed by atoms with Gasteiger partial charge >= 0.3 is 0 Å². The Morgan fingerprint density at radius 1 is 0.975 bits per heavy atom. The molecule has 0 bridgehead atoms. The largest absolute Gasteiger partial charge is 0.495 e. The molecule has 5 rings (SSSR count). The van der Waals surface area contributed by atoms with Gasteiger partial charge in [0.1, 0.15) is 11.0 Å². The molecule has 2 atom stereocenters. The van der Waals surface area contributed by atoms with Crippen LogP contribution in [-0.4, -0.2) is 35.3 Å². The van der Waals surface area contributed by atoms with Crippen LogP contribution in [-0.2, 0) is 22.4 Å². The number of carbonyl (C=O) groups is 4. The number of methoxy groups -OCH3 is 1. The van der Waals surface area contributed by atoms with Crippen LogP contribution < -0.4 is 20.7 Å². The molecule has 206 valence electrons. The molecule has 0 aromatic heterocycles. The lowest BCUT2D eigenvalue weighted by molar-refractivity contribution is -0.119. The van der Waals surface area contributed by atoms with Gasteiger partial charge in [-0.25, -0.2) is 0 Å². The Morgan fingerprint density at radius 3 is 2.33 bits per heavy atom. The lowest BCUT2D eigenvalue weighted by Crippen LogP contribution is -2.31. The first-order valence-electron chi connectivity index (χ1n) is 13.2. The molecule has 0 aliphatic carbocycles. The van der Waals surface area contributed by atoms with E-state index in [-0.39, 0.29) is 28.9 Å². The van der Waals surface area contributed by atoms with E-state index < -0.39 is 5.25 Å². The monoisotopic (exact) mass is 557 g/mol. The van der Waals surface area contributed by atoms with Crippen molar-refractivity contribution < 1.29 is 23.9 Å². The molecule has 3 aromatic carbocycles. The predicted octanol–water partition coefficient (Wildman–Crippen LogP) is 5.63. The maximum Gasteiger partial charge on any atom is 0.286 e. The highest BCUT2D eigenvalue weighted by atomic mass is 32.2. The van der Waals surface area contributed by atoms with Crippen molar-refractivity contribution in [3.8, 4) is 5.75 Å². The summed E-state index contributed by atoms with van der Waals surface area (Å²) in [5.74, 6) is -0.00674. The van der Waals surface area contributed by atoms with Crippen LogP contribution in [0.25, 0.3) is 0 Å². The van der Waals surface area contributed by atoms with Gasteiger partial charge in [-0.1, -0.05) is 55.9 Å². The second-order valence-electron chi connectivity index (χ2n) is 10.3. The first-order valence-corrected chi connectivity index (χ1v) is 14.1. The summed E-state index contributed by atoms with van der Waals surface area (Å²) in [5, 5.41) is 7.26. The van der Waals surface area contributed by atoms with E-state index >= 15 is 0 Å². The Hall–Kier alpha value is -4.11. The van der Waals surface area contributed by atoms with E-state index in [1.807, 2.05) is 42.5 Å². The molecular formula is C31H31N3O5S. The summed E-state index contributed by atoms with van der Waals surface area (Å²) in [6.45, 7) is 4.24. The first kappa shape index (κ1) is 27.5. The van der Waals surface area contributed by atoms with E-state index in [2.05, 4.69) is 29.8 Å². The van der Waals surface area contributed by atoms with Crippen molar-refractivity contribution in [1.82, 2.24) is 5.32 Å². The quantitative estimate of drug-likeness (QED) is 0.331. The van der Waals surface area contributed by atoms with Gasteiger partial charge in [0.15, 0.2) is 0 Å². The fourth-order valence-electron chi connectivity index (χ4n) is 5.22. The Bertz CT molecular complexity index is 1470. The molecule has 2 aliphatic heterocycles. The van der Waals surface area contributed by atoms with E-state index in [9.17, 15) is 19.2 Å². The number of ether oxygens (including phenoxy) is 1. The van der Waals surface area contributed by atoms with Crippen LogP contribution in [0.4, 0.5) is 16.2 Å². The number of carbonyl (C=O) groups excluding carboxylic acids is 4. The molecule has 2 heterocycles. The number of imide groups is 1. The number of nitrogens with one attached hydrogen (secondary N) is 3. The molecule has 2 unspecified atom stereocenters. The number of rotatable bonds is 8. The number of anilines is 2. The summed E-state index contributed by atoms with van der Waals surface area (Å²) in [7, 11) is 1.55. The third-order valence-corrected chi connectivity index (χ3v) is 8.50. The minimum absolute atomic E-state index is 0.0904. The smallest absolute Gasteiger partial charge is 0.286 e. The van der Waals surface area contributed by atoms with Gasteiger partial charge in [0.05, 0.1) is 12.8 Å². The number of thioether (sulfide) groups is 1. The zero-order valence-corrected chi connectivity index (χ0v) is 23.4. The van der Waals surface area contributed by atoms with Crippen molar-refractivity contribution >= 4 is 46.1 Å². The predicted molar refractivity (Wildman–Crippen MR) is 156 cm³/mol. The molecule has 8 nitrogen and oxygen atoms in total. The van der Waals surface area contributed by atoms with Crippen molar-refractivity contribution in [2.24, 2.45) is 0 Å². The Morgan fingerprint density at radius 2 is 1.70 bits per heavy atom. The van der Waals surface area contributed by atoms with Crippen LogP contribution in [0.1, 0.15) is 64.7 Å². The third kappa shape index (κ3) is 5.74. The number of benzene rings is 3. The van der Waals surface area contributed by atoms with Gasteiger partial charge in [-0.15, -0.1) is 0 Å². The molecular weight excluding hydrogens is 526 g/mol. The second kappa shape index (κ2) is 11.6. The summed E-state index contributed by atoms with van der Waals surface area (Å²) >= 11 is 0.987. The summed E-state index contributed by atoms with van der Waals surface area (Å²) in [6.07, 6.45) is 1.30. The highest BCUT2D eigenvalue weighted by Gasteiger charge is 2.40. The summed E-state index contributed by atoms with van der Waals surface area (Å²) in [4.78, 5) is 49.9. The molecule has 40 heavy (non-hydrogen) atoms. The topological polar surface area (TPSA) is 114 Å². The van der Waals surface area contributed by atoms with E-state index in [4.69, 9.17) is 4.74 Å². The standard InChI is InChI=1S/C31H31N3O5S/c1-17(2)19-8-10-21(11-9-19)32-29(36)20-6-4-18(5-7-20)16-24(28-30(37)34-31(38)40-28)22-12-14-25(39-3)27-23(22)13-15-26(35)33-27/h4-12,14,17,24,28H,13,15-16H2,1-3H3,(H,32,36)(H,33,35)(H,34,37,38). The molecule has 0 radical (unpaired) electrons. The molecule has 3 N–H and O–H groups in total. The lowest BCUT2D eigenvalue weighted by atomic mass is 9.83. The molecule has 2 aliphatic rings. The maximum absolute atomic E-state index is 12.9. The fraction of sp³-hybridized carbons (Fsp3) is 0.290. The van der Waals surface area contributed by atoms with Crippen molar-refractivity contribution in [2.45, 2.75) is 50.2 Å². The van der Waals surface area contributed by atoms with Crippen LogP contribution in [0.15, 0.2) is 60.7 Å². The SMILES string of the molecule is COc1ccc(C(Cc2ccc(C(=O)Nc3ccc(C(C)C)cc3)cc2)C2SC(=O)NC2=O)c2c1NC(=O)CC2. The Labute approximate surface area is 237 Å². The lowest BCUT2D eigenvalue weighted by Gasteiger charge is -2.28. The van der Waals surface area contributed by atoms with Gasteiger partial charge in [0.2, 0.25) is 11.8 Å². The third-order valence-electron chi connectivity index (χ3n) is 7.39. The first-order chi connectivity index (χ1) is 19.2. The fourth-order valence-corrected chi connectivity index (χ4v) is 6.19. The molecule has 9 heteroatoms. The average Bonchev–Trinajstić information content (AvgIpc) is 3.28. The molecule has 3 aromatic rings. The van der Waals surface area contributed by atoms with Gasteiger partial charge in [0.25, 0.3) is 11.1 Å². The Kier molecular flexibility index (Phi) is 7.93. The van der Waals surface area contributed by atoms with Crippen molar-refractivity contribution in [3.05, 3.63) is 88.5 Å². The minimum atomic E-state index is -0.626. The van der Waals surface area contributed by atoms with E-state index in [1.165, 1.54) is 5.56 Å². The molecule has 0 saturated carbocycles.